The summed E-state index contributed by atoms with van der Waals surface area (Å²) in [6, 6.07) is 5.81. The zero-order valence-electron chi connectivity index (χ0n) is 15.2. The molecule has 0 aliphatic carbocycles. The molecular formula is C19H19BrF3N3O2. The summed E-state index contributed by atoms with van der Waals surface area (Å²) < 4.78 is 49.7. The molecule has 0 fully saturated rings. The lowest BCUT2D eigenvalue weighted by molar-refractivity contribution is -0.196. The standard InChI is InChI=1S/C19H19BrF3N3O2/c1-4-13(20)8-15-17(26-27)25-16-6-5-12(9-24)7-14(16)18(15,19(21,22)23)10-28-11(2)3/h4-8,11,25-27H,1,10H2,2-3H3/b13-8+. The van der Waals surface area contributed by atoms with Crippen LogP contribution in [-0.2, 0) is 10.2 Å². The van der Waals surface area contributed by atoms with Crippen LogP contribution in [0.3, 0.4) is 0 Å². The Kier molecular flexibility index (Phi) is 6.59. The van der Waals surface area contributed by atoms with E-state index in [1.165, 1.54) is 30.4 Å². The summed E-state index contributed by atoms with van der Waals surface area (Å²) in [6.07, 6.45) is -2.75. The third kappa shape index (κ3) is 3.94. The van der Waals surface area contributed by atoms with Gasteiger partial charge in [-0.2, -0.15) is 18.4 Å². The van der Waals surface area contributed by atoms with E-state index in [0.29, 0.717) is 0 Å². The van der Waals surface area contributed by atoms with Gasteiger partial charge in [-0.05, 0) is 43.7 Å². The number of fused-ring (bicyclic) bond motifs is 1. The average Bonchev–Trinajstić information content (AvgIpc) is 2.64. The van der Waals surface area contributed by atoms with Crippen LogP contribution in [0.15, 0.2) is 52.8 Å². The molecule has 28 heavy (non-hydrogen) atoms. The van der Waals surface area contributed by atoms with Crippen molar-refractivity contribution in [1.29, 1.82) is 5.26 Å². The highest BCUT2D eigenvalue weighted by Crippen LogP contribution is 2.53. The predicted octanol–water partition coefficient (Wildman–Crippen LogP) is 4.86. The Morgan fingerprint density at radius 2 is 2.18 bits per heavy atom. The van der Waals surface area contributed by atoms with E-state index in [1.54, 1.807) is 13.8 Å². The first-order valence-corrected chi connectivity index (χ1v) is 9.04. The fourth-order valence-corrected chi connectivity index (χ4v) is 3.18. The molecule has 1 atom stereocenters. The van der Waals surface area contributed by atoms with Gasteiger partial charge in [0.1, 0.15) is 11.2 Å². The number of nitrogens with one attached hydrogen (secondary N) is 2. The summed E-state index contributed by atoms with van der Waals surface area (Å²) in [5, 5.41) is 21.5. The Hall–Kier alpha value is -2.28. The van der Waals surface area contributed by atoms with Crippen LogP contribution in [0.2, 0.25) is 0 Å². The monoisotopic (exact) mass is 457 g/mol. The van der Waals surface area contributed by atoms with Crippen molar-refractivity contribution in [1.82, 2.24) is 5.48 Å². The first-order chi connectivity index (χ1) is 13.1. The van der Waals surface area contributed by atoms with Gasteiger partial charge in [0, 0.05) is 15.7 Å². The molecular weight excluding hydrogens is 439 g/mol. The van der Waals surface area contributed by atoms with Crippen LogP contribution in [0.1, 0.15) is 25.0 Å². The van der Waals surface area contributed by atoms with Gasteiger partial charge in [-0.15, -0.1) is 0 Å². The minimum atomic E-state index is -4.81. The number of rotatable bonds is 6. The topological polar surface area (TPSA) is 77.3 Å². The summed E-state index contributed by atoms with van der Waals surface area (Å²) in [4.78, 5) is 0. The van der Waals surface area contributed by atoms with Crippen molar-refractivity contribution in [3.05, 3.63) is 63.9 Å². The van der Waals surface area contributed by atoms with Crippen LogP contribution in [0.4, 0.5) is 18.9 Å². The smallest absolute Gasteiger partial charge is 0.377 e. The number of hydrogen-bond donors (Lipinski definition) is 3. The number of benzene rings is 1. The molecule has 2 rings (SSSR count). The fourth-order valence-electron chi connectivity index (χ4n) is 2.95. The minimum absolute atomic E-state index is 0.0743. The lowest BCUT2D eigenvalue weighted by atomic mass is 9.70. The van der Waals surface area contributed by atoms with Crippen LogP contribution in [0, 0.1) is 11.3 Å². The number of anilines is 1. The van der Waals surface area contributed by atoms with E-state index >= 15 is 0 Å². The first kappa shape index (κ1) is 22.0. The molecule has 3 N–H and O–H groups in total. The fraction of sp³-hybridized carbons (Fsp3) is 0.316. The zero-order valence-corrected chi connectivity index (χ0v) is 16.8. The molecule has 0 bridgehead atoms. The number of hydrogen-bond acceptors (Lipinski definition) is 5. The van der Waals surface area contributed by atoms with Gasteiger partial charge in [-0.3, -0.25) is 10.7 Å². The Morgan fingerprint density at radius 3 is 2.68 bits per heavy atom. The van der Waals surface area contributed by atoms with E-state index in [1.807, 2.05) is 11.5 Å². The van der Waals surface area contributed by atoms with E-state index in [0.717, 1.165) is 0 Å². The van der Waals surface area contributed by atoms with Crippen LogP contribution in [0.5, 0.6) is 0 Å². The van der Waals surface area contributed by atoms with Crippen molar-refractivity contribution in [2.75, 3.05) is 11.9 Å². The molecule has 0 saturated heterocycles. The Morgan fingerprint density at radius 1 is 1.50 bits per heavy atom. The molecule has 1 aromatic rings. The number of allylic oxidation sites excluding steroid dienone is 3. The second kappa shape index (κ2) is 8.39. The molecule has 0 spiro atoms. The summed E-state index contributed by atoms with van der Waals surface area (Å²) in [6.45, 7) is 6.05. The van der Waals surface area contributed by atoms with Crippen molar-refractivity contribution in [2.45, 2.75) is 31.5 Å². The second-order valence-corrected chi connectivity index (χ2v) is 7.31. The maximum Gasteiger partial charge on any atom is 0.404 e. The van der Waals surface area contributed by atoms with Crippen LogP contribution in [0.25, 0.3) is 0 Å². The highest BCUT2D eigenvalue weighted by molar-refractivity contribution is 9.11. The molecule has 1 heterocycles. The average molecular weight is 458 g/mol. The lowest BCUT2D eigenvalue weighted by Gasteiger charge is -2.42. The number of hydroxylamine groups is 1. The largest absolute Gasteiger partial charge is 0.404 e. The van der Waals surface area contributed by atoms with Gasteiger partial charge in [-0.25, -0.2) is 0 Å². The van der Waals surface area contributed by atoms with Crippen LogP contribution < -0.4 is 10.8 Å². The van der Waals surface area contributed by atoms with E-state index in [-0.39, 0.29) is 32.7 Å². The van der Waals surface area contributed by atoms with Gasteiger partial charge >= 0.3 is 6.18 Å². The molecule has 9 heteroatoms. The minimum Gasteiger partial charge on any atom is -0.377 e. The number of ether oxygens (including phenoxy) is 1. The van der Waals surface area contributed by atoms with Gasteiger partial charge in [0.25, 0.3) is 0 Å². The number of nitriles is 1. The molecule has 0 radical (unpaired) electrons. The van der Waals surface area contributed by atoms with Gasteiger partial charge in [0.15, 0.2) is 0 Å². The Bertz CT molecular complexity index is 872. The predicted molar refractivity (Wildman–Crippen MR) is 103 cm³/mol. The van der Waals surface area contributed by atoms with Crippen LogP contribution in [-0.4, -0.2) is 24.1 Å². The van der Waals surface area contributed by atoms with Crippen molar-refractivity contribution >= 4 is 21.6 Å². The highest BCUT2D eigenvalue weighted by atomic mass is 79.9. The molecule has 5 nitrogen and oxygen atoms in total. The van der Waals surface area contributed by atoms with E-state index in [9.17, 15) is 23.6 Å². The van der Waals surface area contributed by atoms with Gasteiger partial charge in [-0.1, -0.05) is 28.6 Å². The molecule has 1 aromatic carbocycles. The summed E-state index contributed by atoms with van der Waals surface area (Å²) in [7, 11) is 0. The van der Waals surface area contributed by atoms with Crippen molar-refractivity contribution in [2.24, 2.45) is 0 Å². The first-order valence-electron chi connectivity index (χ1n) is 8.25. The number of alkyl halides is 3. The zero-order chi connectivity index (χ0) is 21.1. The maximum absolute atomic E-state index is 14.7. The molecule has 0 amide bonds. The maximum atomic E-state index is 14.7. The molecule has 1 aliphatic heterocycles. The van der Waals surface area contributed by atoms with Crippen molar-refractivity contribution < 1.29 is 23.1 Å². The van der Waals surface area contributed by atoms with E-state index in [4.69, 9.17) is 4.74 Å². The Labute approximate surface area is 169 Å². The molecule has 0 aromatic heterocycles. The Balaban J connectivity index is 2.93. The van der Waals surface area contributed by atoms with Gasteiger partial charge in [0.2, 0.25) is 0 Å². The summed E-state index contributed by atoms with van der Waals surface area (Å²) in [5.41, 5.74) is -1.13. The quantitative estimate of drug-likeness (QED) is 0.419. The van der Waals surface area contributed by atoms with Crippen LogP contribution >= 0.6 is 15.9 Å². The molecule has 1 unspecified atom stereocenters. The number of halogens is 4. The third-order valence-electron chi connectivity index (χ3n) is 4.30. The molecule has 0 saturated carbocycles. The normalized spacial score (nSPS) is 19.8. The lowest BCUT2D eigenvalue weighted by Crippen LogP contribution is -2.52. The van der Waals surface area contributed by atoms with Gasteiger partial charge in [0.05, 0.1) is 24.3 Å². The summed E-state index contributed by atoms with van der Waals surface area (Å²) in [5.74, 6) is -0.249. The van der Waals surface area contributed by atoms with E-state index < -0.39 is 24.3 Å². The second-order valence-electron chi connectivity index (χ2n) is 6.39. The highest BCUT2D eigenvalue weighted by Gasteiger charge is 2.61. The summed E-state index contributed by atoms with van der Waals surface area (Å²) >= 11 is 3.15. The van der Waals surface area contributed by atoms with E-state index in [2.05, 4.69) is 27.8 Å². The van der Waals surface area contributed by atoms with Crippen molar-refractivity contribution in [3.63, 3.8) is 0 Å². The SMILES string of the molecule is C=C/C(Br)=C\C1=C(NO)Nc2ccc(C#N)cc2C1(COC(C)C)C(F)(F)F. The number of nitrogens with zero attached hydrogens (tertiary/aromatic N) is 1. The third-order valence-corrected chi connectivity index (χ3v) is 4.86. The molecule has 1 aliphatic rings. The van der Waals surface area contributed by atoms with Gasteiger partial charge < -0.3 is 10.1 Å². The van der Waals surface area contributed by atoms with Crippen molar-refractivity contribution in [3.8, 4) is 6.07 Å². The molecule has 150 valence electrons.